The number of rotatable bonds is 4. The van der Waals surface area contributed by atoms with Crippen LogP contribution in [0.25, 0.3) is 11.3 Å². The summed E-state index contributed by atoms with van der Waals surface area (Å²) in [5, 5.41) is 0. The van der Waals surface area contributed by atoms with E-state index in [1.807, 2.05) is 51.1 Å². The molecule has 0 unspecified atom stereocenters. The Morgan fingerprint density at radius 3 is 2.40 bits per heavy atom. The molecule has 4 bridgehead atoms. The highest BCUT2D eigenvalue weighted by Crippen LogP contribution is 2.31. The SMILES string of the molecule is Cc1ccnc(CN2C(=O)c3cccc(c3)S(=O)(=O)Nc3nc(cc(-c4c(C)cccc4C)n3)OC[C@H]2CC(C)(C)C)c1. The molecule has 1 aliphatic heterocycles. The molecule has 0 fully saturated rings. The molecule has 0 saturated carbocycles. The first-order valence-corrected chi connectivity index (χ1v) is 15.7. The minimum Gasteiger partial charge on any atom is -0.475 e. The topological polar surface area (TPSA) is 114 Å². The first-order chi connectivity index (χ1) is 20.3. The van der Waals surface area contributed by atoms with Crippen LogP contribution >= 0.6 is 0 Å². The normalized spacial score (nSPS) is 16.7. The van der Waals surface area contributed by atoms with Crippen molar-refractivity contribution in [1.29, 1.82) is 0 Å². The number of nitrogens with one attached hydrogen (secondary N) is 1. The molecule has 224 valence electrons. The number of amides is 1. The zero-order chi connectivity index (χ0) is 30.9. The van der Waals surface area contributed by atoms with Gasteiger partial charge in [-0.3, -0.25) is 9.78 Å². The largest absolute Gasteiger partial charge is 0.475 e. The molecule has 43 heavy (non-hydrogen) atoms. The summed E-state index contributed by atoms with van der Waals surface area (Å²) >= 11 is 0. The van der Waals surface area contributed by atoms with Crippen molar-refractivity contribution >= 4 is 21.9 Å². The summed E-state index contributed by atoms with van der Waals surface area (Å²) in [7, 11) is -4.14. The Morgan fingerprint density at radius 1 is 0.977 bits per heavy atom. The Hall–Kier alpha value is -4.31. The third-order valence-electron chi connectivity index (χ3n) is 7.33. The molecule has 0 spiro atoms. The average molecular weight is 600 g/mol. The molecular weight excluding hydrogens is 562 g/mol. The van der Waals surface area contributed by atoms with Crippen molar-refractivity contribution in [3.05, 3.63) is 94.8 Å². The molecule has 1 aliphatic rings. The van der Waals surface area contributed by atoms with Crippen molar-refractivity contribution in [1.82, 2.24) is 19.9 Å². The second-order valence-electron chi connectivity index (χ2n) is 12.3. The summed E-state index contributed by atoms with van der Waals surface area (Å²) in [6.07, 6.45) is 2.34. The van der Waals surface area contributed by atoms with Crippen molar-refractivity contribution in [3.63, 3.8) is 0 Å². The predicted octanol–water partition coefficient (Wildman–Crippen LogP) is 6.10. The number of aryl methyl sites for hydroxylation is 3. The van der Waals surface area contributed by atoms with E-state index in [0.29, 0.717) is 12.1 Å². The smallest absolute Gasteiger partial charge is 0.264 e. The minimum atomic E-state index is -4.14. The highest BCUT2D eigenvalue weighted by molar-refractivity contribution is 7.92. The van der Waals surface area contributed by atoms with Crippen molar-refractivity contribution < 1.29 is 17.9 Å². The number of benzene rings is 2. The third-order valence-corrected chi connectivity index (χ3v) is 8.66. The molecule has 0 aliphatic carbocycles. The van der Waals surface area contributed by atoms with Gasteiger partial charge in [-0.25, -0.2) is 18.1 Å². The van der Waals surface area contributed by atoms with Crippen LogP contribution < -0.4 is 9.46 Å². The standard InChI is InChI=1S/C33H37N5O4S/c1-21-13-14-34-25(15-21)19-38-26(18-33(4,5)6)20-42-29-17-28(30-22(2)9-7-10-23(30)3)35-32(36-29)37-43(40,41)27-12-8-11-24(16-27)31(38)39/h7-17,26H,18-20H2,1-6H3,(H,35,36,37)/t26-/m1/s1. The van der Waals surface area contributed by atoms with E-state index in [-0.39, 0.29) is 52.8 Å². The summed E-state index contributed by atoms with van der Waals surface area (Å²) in [5.74, 6) is -0.220. The number of nitrogens with zero attached hydrogens (tertiary/aromatic N) is 4. The van der Waals surface area contributed by atoms with Crippen LogP contribution in [0.1, 0.15) is 59.9 Å². The van der Waals surface area contributed by atoms with Gasteiger partial charge in [0.15, 0.2) is 0 Å². The van der Waals surface area contributed by atoms with Gasteiger partial charge in [0.2, 0.25) is 11.8 Å². The first kappa shape index (κ1) is 30.2. The number of fused-ring (bicyclic) bond motifs is 4. The molecule has 2 aromatic heterocycles. The van der Waals surface area contributed by atoms with Crippen molar-refractivity contribution in [2.24, 2.45) is 5.41 Å². The van der Waals surface area contributed by atoms with Crippen molar-refractivity contribution in [2.75, 3.05) is 11.3 Å². The molecule has 0 saturated heterocycles. The predicted molar refractivity (Wildman–Crippen MR) is 166 cm³/mol. The molecule has 1 atom stereocenters. The van der Waals surface area contributed by atoms with Crippen LogP contribution in [0.3, 0.4) is 0 Å². The van der Waals surface area contributed by atoms with Gasteiger partial charge in [0.05, 0.1) is 28.9 Å². The molecule has 2 aromatic carbocycles. The molecular formula is C33H37N5O4S. The quantitative estimate of drug-likeness (QED) is 0.301. The zero-order valence-electron chi connectivity index (χ0n) is 25.4. The van der Waals surface area contributed by atoms with E-state index in [1.165, 1.54) is 12.1 Å². The summed E-state index contributed by atoms with van der Waals surface area (Å²) in [6.45, 7) is 12.6. The van der Waals surface area contributed by atoms with E-state index in [2.05, 4.69) is 40.4 Å². The van der Waals surface area contributed by atoms with Crippen LogP contribution in [0.4, 0.5) is 5.95 Å². The third kappa shape index (κ3) is 7.02. The fourth-order valence-electron chi connectivity index (χ4n) is 5.41. The van der Waals surface area contributed by atoms with Crippen LogP contribution in [-0.2, 0) is 16.6 Å². The van der Waals surface area contributed by atoms with Crippen LogP contribution in [0.15, 0.2) is 71.8 Å². The highest BCUT2D eigenvalue weighted by Gasteiger charge is 2.31. The second kappa shape index (κ2) is 11.8. The van der Waals surface area contributed by atoms with E-state index in [4.69, 9.17) is 4.74 Å². The fraction of sp³-hybridized carbons (Fsp3) is 0.333. The van der Waals surface area contributed by atoms with E-state index in [0.717, 1.165) is 27.9 Å². The van der Waals surface area contributed by atoms with Gasteiger partial charge in [0.25, 0.3) is 15.9 Å². The zero-order valence-corrected chi connectivity index (χ0v) is 26.2. The number of sulfonamides is 1. The maximum absolute atomic E-state index is 14.2. The van der Waals surface area contributed by atoms with Gasteiger partial charge >= 0.3 is 0 Å². The molecule has 1 amide bonds. The molecule has 9 nitrogen and oxygen atoms in total. The molecule has 5 rings (SSSR count). The lowest BCUT2D eigenvalue weighted by molar-refractivity contribution is 0.0509. The van der Waals surface area contributed by atoms with E-state index >= 15 is 0 Å². The van der Waals surface area contributed by atoms with Gasteiger partial charge in [-0.2, -0.15) is 4.98 Å². The number of hydrogen-bond donors (Lipinski definition) is 1. The van der Waals surface area contributed by atoms with Crippen molar-refractivity contribution in [2.45, 2.75) is 65.4 Å². The van der Waals surface area contributed by atoms with E-state index in [9.17, 15) is 13.2 Å². The number of aromatic nitrogens is 3. The van der Waals surface area contributed by atoms with E-state index in [1.54, 1.807) is 29.3 Å². The summed E-state index contributed by atoms with van der Waals surface area (Å²) in [4.78, 5) is 29.4. The Bertz CT molecular complexity index is 1760. The van der Waals surface area contributed by atoms with Gasteiger partial charge in [-0.1, -0.05) is 45.0 Å². The number of ether oxygens (including phenoxy) is 1. The van der Waals surface area contributed by atoms with Crippen molar-refractivity contribution in [3.8, 4) is 17.1 Å². The Labute approximate surface area is 253 Å². The molecule has 3 heterocycles. The lowest BCUT2D eigenvalue weighted by Gasteiger charge is -2.35. The molecule has 1 N–H and O–H groups in total. The number of carbonyl (C=O) groups excluding carboxylic acids is 1. The van der Waals surface area contributed by atoms with Gasteiger partial charge in [0.1, 0.15) is 6.61 Å². The monoisotopic (exact) mass is 599 g/mol. The van der Waals surface area contributed by atoms with Gasteiger partial charge in [-0.15, -0.1) is 0 Å². The Morgan fingerprint density at radius 2 is 1.70 bits per heavy atom. The van der Waals surface area contributed by atoms with Gasteiger partial charge in [0, 0.05) is 23.4 Å². The van der Waals surface area contributed by atoms with Crippen LogP contribution in [0.5, 0.6) is 5.88 Å². The molecule has 4 aromatic rings. The summed E-state index contributed by atoms with van der Waals surface area (Å²) < 4.78 is 36.0. The Kier molecular flexibility index (Phi) is 8.25. The summed E-state index contributed by atoms with van der Waals surface area (Å²) in [6, 6.07) is 17.1. The number of anilines is 1. The van der Waals surface area contributed by atoms with Gasteiger partial charge in [-0.05, 0) is 79.6 Å². The Balaban J connectivity index is 1.68. The second-order valence-corrected chi connectivity index (χ2v) is 14.0. The highest BCUT2D eigenvalue weighted by atomic mass is 32.2. The van der Waals surface area contributed by atoms with E-state index < -0.39 is 10.0 Å². The number of pyridine rings is 1. The average Bonchev–Trinajstić information content (AvgIpc) is 2.92. The number of carbonyl (C=O) groups is 1. The minimum absolute atomic E-state index is 0.0675. The molecule has 0 radical (unpaired) electrons. The lowest BCUT2D eigenvalue weighted by atomic mass is 9.87. The van der Waals surface area contributed by atoms with Gasteiger partial charge < -0.3 is 9.64 Å². The molecule has 10 heteroatoms. The summed E-state index contributed by atoms with van der Waals surface area (Å²) in [5.41, 5.74) is 5.21. The maximum atomic E-state index is 14.2. The van der Waals surface area contributed by atoms with Crippen LogP contribution in [-0.4, -0.2) is 46.8 Å². The first-order valence-electron chi connectivity index (χ1n) is 14.2. The fourth-order valence-corrected chi connectivity index (χ4v) is 6.40. The van der Waals surface area contributed by atoms with Crippen LogP contribution in [0, 0.1) is 26.2 Å². The number of hydrogen-bond acceptors (Lipinski definition) is 7. The lowest BCUT2D eigenvalue weighted by Crippen LogP contribution is -2.45. The maximum Gasteiger partial charge on any atom is 0.264 e. The van der Waals surface area contributed by atoms with Crippen LogP contribution in [0.2, 0.25) is 0 Å².